The number of amides is 2. The van der Waals surface area contributed by atoms with Crippen LogP contribution in [0.2, 0.25) is 0 Å². The molecule has 3 aliphatic rings. The fourth-order valence-electron chi connectivity index (χ4n) is 5.21. The molecule has 2 heterocycles. The Bertz CT molecular complexity index is 925. The summed E-state index contributed by atoms with van der Waals surface area (Å²) in [6.45, 7) is 3.74. The van der Waals surface area contributed by atoms with Gasteiger partial charge in [0.15, 0.2) is 0 Å². The molecule has 0 saturated carbocycles. The summed E-state index contributed by atoms with van der Waals surface area (Å²) in [7, 11) is 1.61. The van der Waals surface area contributed by atoms with Crippen LogP contribution < -0.4 is 4.74 Å². The minimum atomic E-state index is -1.09. The Morgan fingerprint density at radius 3 is 2.58 bits per heavy atom. The minimum Gasteiger partial charge on any atom is -0.497 e. The summed E-state index contributed by atoms with van der Waals surface area (Å²) >= 11 is 1.83. The number of hydrogen-bond acceptors (Lipinski definition) is 6. The van der Waals surface area contributed by atoms with Crippen molar-refractivity contribution in [1.29, 1.82) is 0 Å². The van der Waals surface area contributed by atoms with Gasteiger partial charge in [-0.2, -0.15) is 11.8 Å². The van der Waals surface area contributed by atoms with E-state index in [0.29, 0.717) is 31.8 Å². The molecule has 2 amide bonds. The number of carbonyl (C=O) groups is 3. The molecule has 2 fully saturated rings. The van der Waals surface area contributed by atoms with Gasteiger partial charge in [-0.15, -0.1) is 0 Å². The van der Waals surface area contributed by atoms with E-state index in [1.54, 1.807) is 18.9 Å². The van der Waals surface area contributed by atoms with E-state index in [0.717, 1.165) is 35.7 Å². The van der Waals surface area contributed by atoms with Gasteiger partial charge >= 0.3 is 5.97 Å². The van der Waals surface area contributed by atoms with E-state index in [4.69, 9.17) is 9.47 Å². The summed E-state index contributed by atoms with van der Waals surface area (Å²) in [5.74, 6) is 1.23. The summed E-state index contributed by atoms with van der Waals surface area (Å²) in [5, 5.41) is 0. The first-order valence-electron chi connectivity index (χ1n) is 11.7. The quantitative estimate of drug-likeness (QED) is 0.567. The summed E-state index contributed by atoms with van der Waals surface area (Å²) < 4.78 is 10.8. The van der Waals surface area contributed by atoms with E-state index < -0.39 is 11.3 Å². The number of nitrogens with zero attached hydrogens (tertiary/aromatic N) is 2. The number of ether oxygens (including phenoxy) is 2. The van der Waals surface area contributed by atoms with Crippen molar-refractivity contribution in [2.45, 2.75) is 39.2 Å². The second-order valence-corrected chi connectivity index (χ2v) is 9.92. The second kappa shape index (κ2) is 10.2. The first-order valence-corrected chi connectivity index (χ1v) is 12.8. The number of benzene rings is 1. The summed E-state index contributed by atoms with van der Waals surface area (Å²) in [5.41, 5.74) is 0.561. The van der Waals surface area contributed by atoms with Crippen molar-refractivity contribution in [2.75, 3.05) is 38.3 Å². The van der Waals surface area contributed by atoms with E-state index >= 15 is 0 Å². The summed E-state index contributed by atoms with van der Waals surface area (Å²) in [6, 6.07) is 7.56. The van der Waals surface area contributed by atoms with Crippen LogP contribution in [0.5, 0.6) is 5.75 Å². The number of esters is 1. The van der Waals surface area contributed by atoms with Gasteiger partial charge in [0.2, 0.25) is 11.8 Å². The van der Waals surface area contributed by atoms with Crippen LogP contribution in [-0.2, 0) is 25.7 Å². The highest BCUT2D eigenvalue weighted by Gasteiger charge is 2.62. The number of likely N-dealkylation sites (tertiary alicyclic amines) is 1. The van der Waals surface area contributed by atoms with Gasteiger partial charge in [-0.25, -0.2) is 0 Å². The second-order valence-electron chi connectivity index (χ2n) is 8.70. The van der Waals surface area contributed by atoms with Gasteiger partial charge in [-0.3, -0.25) is 14.4 Å². The molecule has 8 heteroatoms. The molecule has 4 rings (SSSR count). The average molecular weight is 473 g/mol. The number of thioether (sulfide) groups is 1. The van der Waals surface area contributed by atoms with Crippen molar-refractivity contribution in [1.82, 2.24) is 9.80 Å². The van der Waals surface area contributed by atoms with Gasteiger partial charge in [0.1, 0.15) is 11.2 Å². The van der Waals surface area contributed by atoms with Crippen LogP contribution in [0.15, 0.2) is 36.0 Å². The van der Waals surface area contributed by atoms with Crippen molar-refractivity contribution in [3.8, 4) is 5.75 Å². The number of rotatable bonds is 7. The van der Waals surface area contributed by atoms with Gasteiger partial charge < -0.3 is 19.3 Å². The molecule has 2 aliphatic heterocycles. The molecule has 1 aromatic carbocycles. The zero-order valence-electron chi connectivity index (χ0n) is 19.4. The Balaban J connectivity index is 1.67. The van der Waals surface area contributed by atoms with Gasteiger partial charge in [-0.05, 0) is 43.9 Å². The van der Waals surface area contributed by atoms with E-state index in [1.165, 1.54) is 0 Å². The Labute approximate surface area is 199 Å². The molecule has 0 spiro atoms. The largest absolute Gasteiger partial charge is 0.497 e. The maximum atomic E-state index is 13.8. The van der Waals surface area contributed by atoms with Crippen LogP contribution in [0.1, 0.15) is 38.2 Å². The van der Waals surface area contributed by atoms with E-state index in [1.807, 2.05) is 47.0 Å². The Kier molecular flexibility index (Phi) is 7.32. The van der Waals surface area contributed by atoms with Gasteiger partial charge in [-0.1, -0.05) is 18.2 Å². The number of carbonyl (C=O) groups excluding carboxylic acids is 3. The van der Waals surface area contributed by atoms with Crippen molar-refractivity contribution in [3.63, 3.8) is 0 Å². The summed E-state index contributed by atoms with van der Waals surface area (Å²) in [6.07, 6.45) is 4.16. The predicted octanol–water partition coefficient (Wildman–Crippen LogP) is 3.24. The fourth-order valence-corrected chi connectivity index (χ4v) is 6.12. The lowest BCUT2D eigenvalue weighted by Crippen LogP contribution is -2.45. The number of methoxy groups -OCH3 is 1. The monoisotopic (exact) mass is 472 g/mol. The molecule has 0 N–H and O–H groups in total. The van der Waals surface area contributed by atoms with Crippen molar-refractivity contribution in [2.24, 2.45) is 11.3 Å². The van der Waals surface area contributed by atoms with Gasteiger partial charge in [0, 0.05) is 36.7 Å². The molecule has 2 atom stereocenters. The third-order valence-electron chi connectivity index (χ3n) is 6.90. The minimum absolute atomic E-state index is 0.0404. The smallest absolute Gasteiger partial charge is 0.318 e. The van der Waals surface area contributed by atoms with Crippen LogP contribution >= 0.6 is 11.8 Å². The first kappa shape index (κ1) is 23.7. The van der Waals surface area contributed by atoms with Crippen LogP contribution in [0.3, 0.4) is 0 Å². The zero-order valence-corrected chi connectivity index (χ0v) is 20.2. The average Bonchev–Trinajstić information content (AvgIpc) is 3.09. The fraction of sp³-hybridized carbons (Fsp3) is 0.560. The van der Waals surface area contributed by atoms with Crippen LogP contribution in [0, 0.1) is 11.3 Å². The van der Waals surface area contributed by atoms with Crippen LogP contribution in [0.25, 0.3) is 0 Å². The molecule has 7 nitrogen and oxygen atoms in total. The Morgan fingerprint density at radius 2 is 1.91 bits per heavy atom. The molecule has 1 aromatic rings. The standard InChI is InChI=1S/C25H32N2O5S/c1-3-32-24(30)25-11-5-4-6-21(25)27(17-18-7-9-19(31-2)10-8-18)23(29)20(25)16-22(28)26-12-14-33-15-13-26/h6-10,20H,3-5,11-17H2,1-2H3/t20-,25-/m0/s1. The van der Waals surface area contributed by atoms with Crippen LogP contribution in [0.4, 0.5) is 0 Å². The molecular weight excluding hydrogens is 440 g/mol. The maximum Gasteiger partial charge on any atom is 0.318 e. The van der Waals surface area contributed by atoms with Crippen molar-refractivity contribution >= 4 is 29.5 Å². The van der Waals surface area contributed by atoms with Crippen LogP contribution in [-0.4, -0.2) is 65.9 Å². The highest BCUT2D eigenvalue weighted by molar-refractivity contribution is 7.99. The Morgan fingerprint density at radius 1 is 1.18 bits per heavy atom. The van der Waals surface area contributed by atoms with E-state index in [2.05, 4.69) is 0 Å². The molecule has 0 bridgehead atoms. The molecule has 178 valence electrons. The molecular formula is C25H32N2O5S. The first-order chi connectivity index (χ1) is 16.0. The lowest BCUT2D eigenvalue weighted by molar-refractivity contribution is -0.158. The predicted molar refractivity (Wildman–Crippen MR) is 127 cm³/mol. The summed E-state index contributed by atoms with van der Waals surface area (Å²) in [4.78, 5) is 44.0. The molecule has 0 radical (unpaired) electrons. The van der Waals surface area contributed by atoms with Gasteiger partial charge in [0.05, 0.1) is 26.2 Å². The topological polar surface area (TPSA) is 76.1 Å². The molecule has 33 heavy (non-hydrogen) atoms. The third-order valence-corrected chi connectivity index (χ3v) is 7.84. The van der Waals surface area contributed by atoms with E-state index in [9.17, 15) is 14.4 Å². The number of hydrogen-bond donors (Lipinski definition) is 0. The lowest BCUT2D eigenvalue weighted by atomic mass is 9.68. The highest BCUT2D eigenvalue weighted by Crippen LogP contribution is 2.54. The number of fused-ring (bicyclic) bond motifs is 1. The SMILES string of the molecule is CCOC(=O)[C@]12CCCC=C1N(Cc1ccc(OC)cc1)C(=O)[C@@H]2CC(=O)N1CCSCC1. The number of allylic oxidation sites excluding steroid dienone is 1. The lowest BCUT2D eigenvalue weighted by Gasteiger charge is -2.36. The molecule has 0 aromatic heterocycles. The highest BCUT2D eigenvalue weighted by atomic mass is 32.2. The van der Waals surface area contributed by atoms with Gasteiger partial charge in [0.25, 0.3) is 0 Å². The van der Waals surface area contributed by atoms with E-state index in [-0.39, 0.29) is 30.8 Å². The zero-order chi connectivity index (χ0) is 23.4. The molecule has 1 aliphatic carbocycles. The Hall–Kier alpha value is -2.48. The third kappa shape index (κ3) is 4.50. The van der Waals surface area contributed by atoms with Crippen molar-refractivity contribution < 1.29 is 23.9 Å². The normalized spacial score (nSPS) is 24.8. The van der Waals surface area contributed by atoms with Crippen molar-refractivity contribution in [3.05, 3.63) is 41.6 Å². The molecule has 0 unspecified atom stereocenters. The molecule has 2 saturated heterocycles. The maximum absolute atomic E-state index is 13.8.